The summed E-state index contributed by atoms with van der Waals surface area (Å²) in [5.41, 5.74) is 1.74. The Bertz CT molecular complexity index is 1310. The highest BCUT2D eigenvalue weighted by molar-refractivity contribution is 7.89. The van der Waals surface area contributed by atoms with Crippen molar-refractivity contribution in [2.75, 3.05) is 32.1 Å². The number of hydrogen-bond donors (Lipinski definition) is 2. The van der Waals surface area contributed by atoms with Gasteiger partial charge in [0.2, 0.25) is 15.9 Å². The smallest absolute Gasteiger partial charge is 0.258 e. The highest BCUT2D eigenvalue weighted by Crippen LogP contribution is 2.32. The number of anilines is 1. The Morgan fingerprint density at radius 1 is 1.15 bits per heavy atom. The summed E-state index contributed by atoms with van der Waals surface area (Å²) in [5, 5.41) is 12.9. The van der Waals surface area contributed by atoms with E-state index in [1.807, 2.05) is 13.8 Å². The van der Waals surface area contributed by atoms with Crippen LogP contribution in [-0.2, 0) is 14.8 Å². The molecule has 0 unspecified atom stereocenters. The third-order valence-electron chi connectivity index (χ3n) is 8.07. The molecule has 9 nitrogen and oxygen atoms in total. The number of aliphatic hydroxyl groups is 1. The Labute approximate surface area is 237 Å². The first kappa shape index (κ1) is 30.0. The normalized spacial score (nSPS) is 21.2. The van der Waals surface area contributed by atoms with Crippen LogP contribution in [0.2, 0.25) is 0 Å². The van der Waals surface area contributed by atoms with Crippen LogP contribution in [0, 0.1) is 18.8 Å². The number of likely N-dealkylation sites (N-methyl/N-ethyl adjacent to an activating group) is 1. The molecule has 218 valence electrons. The zero-order valence-corrected chi connectivity index (χ0v) is 24.6. The molecule has 0 aromatic heterocycles. The van der Waals surface area contributed by atoms with E-state index in [1.54, 1.807) is 54.3 Å². The Hall–Kier alpha value is -2.95. The second-order valence-corrected chi connectivity index (χ2v) is 13.3. The summed E-state index contributed by atoms with van der Waals surface area (Å²) in [6, 6.07) is 11.2. The summed E-state index contributed by atoms with van der Waals surface area (Å²) in [7, 11) is -2.25. The van der Waals surface area contributed by atoms with Gasteiger partial charge < -0.3 is 20.1 Å². The Kier molecular flexibility index (Phi) is 9.53. The maximum Gasteiger partial charge on any atom is 0.258 e. The third-order valence-corrected chi connectivity index (χ3v) is 9.91. The van der Waals surface area contributed by atoms with E-state index in [1.165, 1.54) is 11.4 Å². The first-order valence-corrected chi connectivity index (χ1v) is 15.5. The average molecular weight is 572 g/mol. The zero-order chi connectivity index (χ0) is 29.0. The SMILES string of the molecule is Cc1ccc(S(=O)(=O)N(C)C[C@H]2Oc3ccc(NC(=O)C4CCCCC4)cc3C(=O)N([C@H](C)CO)C[C@H]2C)cc1. The minimum absolute atomic E-state index is 0.0372. The molecule has 10 heteroatoms. The van der Waals surface area contributed by atoms with Crippen molar-refractivity contribution in [3.05, 3.63) is 53.6 Å². The van der Waals surface area contributed by atoms with E-state index in [0.29, 0.717) is 11.4 Å². The molecule has 2 aromatic carbocycles. The van der Waals surface area contributed by atoms with Crippen molar-refractivity contribution in [2.24, 2.45) is 11.8 Å². The first-order valence-electron chi connectivity index (χ1n) is 14.1. The molecule has 1 fully saturated rings. The third kappa shape index (κ3) is 6.67. The number of hydrogen-bond acceptors (Lipinski definition) is 6. The molecule has 0 spiro atoms. The van der Waals surface area contributed by atoms with Gasteiger partial charge in [-0.25, -0.2) is 8.42 Å². The molecule has 0 radical (unpaired) electrons. The molecule has 2 N–H and O–H groups in total. The lowest BCUT2D eigenvalue weighted by Gasteiger charge is -2.38. The van der Waals surface area contributed by atoms with Crippen LogP contribution in [0.3, 0.4) is 0 Å². The van der Waals surface area contributed by atoms with Gasteiger partial charge in [-0.2, -0.15) is 4.31 Å². The van der Waals surface area contributed by atoms with Gasteiger partial charge in [-0.15, -0.1) is 0 Å². The summed E-state index contributed by atoms with van der Waals surface area (Å²) >= 11 is 0. The number of fused-ring (bicyclic) bond motifs is 1. The molecule has 2 aromatic rings. The number of rotatable bonds is 8. The average Bonchev–Trinajstić information content (AvgIpc) is 2.95. The fraction of sp³-hybridized carbons (Fsp3) is 0.533. The highest BCUT2D eigenvalue weighted by atomic mass is 32.2. The van der Waals surface area contributed by atoms with Gasteiger partial charge in [0.15, 0.2) is 0 Å². The van der Waals surface area contributed by atoms with Gasteiger partial charge >= 0.3 is 0 Å². The van der Waals surface area contributed by atoms with Crippen molar-refractivity contribution in [1.29, 1.82) is 0 Å². The highest BCUT2D eigenvalue weighted by Gasteiger charge is 2.35. The molecule has 2 aliphatic rings. The summed E-state index contributed by atoms with van der Waals surface area (Å²) in [6.45, 7) is 5.68. The number of benzene rings is 2. The van der Waals surface area contributed by atoms with Crippen molar-refractivity contribution < 1.29 is 27.9 Å². The van der Waals surface area contributed by atoms with E-state index in [9.17, 15) is 23.1 Å². The number of aliphatic hydroxyl groups excluding tert-OH is 1. The molecule has 1 aliphatic carbocycles. The molecule has 0 saturated heterocycles. The van der Waals surface area contributed by atoms with Crippen LogP contribution in [0.1, 0.15) is 61.9 Å². The number of carbonyl (C=O) groups is 2. The van der Waals surface area contributed by atoms with Gasteiger partial charge in [-0.1, -0.05) is 43.9 Å². The summed E-state index contributed by atoms with van der Waals surface area (Å²) in [6.07, 6.45) is 4.37. The van der Waals surface area contributed by atoms with Gasteiger partial charge in [0, 0.05) is 31.1 Å². The predicted octanol–water partition coefficient (Wildman–Crippen LogP) is 4.05. The van der Waals surface area contributed by atoms with Crippen molar-refractivity contribution in [2.45, 2.75) is 69.9 Å². The standard InChI is InChI=1S/C30H41N3O6S/c1-20-10-13-25(14-11-20)40(37,38)32(4)18-28-21(2)17-33(22(3)19-34)30(36)26-16-24(12-15-27(26)39-28)31-29(35)23-8-6-5-7-9-23/h10-16,21-23,28,34H,5-9,17-19H2,1-4H3,(H,31,35)/t21-,22-,28-/m1/s1. The molecule has 40 heavy (non-hydrogen) atoms. The van der Waals surface area contributed by atoms with Crippen LogP contribution in [0.15, 0.2) is 47.4 Å². The molecule has 0 bridgehead atoms. The van der Waals surface area contributed by atoms with Gasteiger partial charge in [0.1, 0.15) is 11.9 Å². The maximum atomic E-state index is 13.7. The quantitative estimate of drug-likeness (QED) is 0.494. The Balaban J connectivity index is 1.62. The molecule has 1 saturated carbocycles. The van der Waals surface area contributed by atoms with Gasteiger partial charge in [-0.3, -0.25) is 9.59 Å². The van der Waals surface area contributed by atoms with Gasteiger partial charge in [-0.05, 0) is 57.0 Å². The molecule has 1 heterocycles. The number of carbonyl (C=O) groups excluding carboxylic acids is 2. The van der Waals surface area contributed by atoms with Crippen molar-refractivity contribution in [3.8, 4) is 5.75 Å². The van der Waals surface area contributed by atoms with E-state index in [4.69, 9.17) is 4.74 Å². The molecule has 2 amide bonds. The monoisotopic (exact) mass is 571 g/mol. The maximum absolute atomic E-state index is 13.7. The summed E-state index contributed by atoms with van der Waals surface area (Å²) in [5.74, 6) is -0.323. The van der Waals surface area contributed by atoms with Crippen LogP contribution in [0.4, 0.5) is 5.69 Å². The second kappa shape index (κ2) is 12.7. The van der Waals surface area contributed by atoms with Crippen LogP contribution in [-0.4, -0.2) is 73.4 Å². The number of aryl methyl sites for hydroxylation is 1. The lowest BCUT2D eigenvalue weighted by Crippen LogP contribution is -2.50. The van der Waals surface area contributed by atoms with Crippen molar-refractivity contribution >= 4 is 27.5 Å². The van der Waals surface area contributed by atoms with Crippen LogP contribution in [0.5, 0.6) is 5.75 Å². The molecular weight excluding hydrogens is 530 g/mol. The van der Waals surface area contributed by atoms with Crippen molar-refractivity contribution in [1.82, 2.24) is 9.21 Å². The molecule has 3 atom stereocenters. The van der Waals surface area contributed by atoms with Crippen LogP contribution < -0.4 is 10.1 Å². The van der Waals surface area contributed by atoms with Crippen LogP contribution >= 0.6 is 0 Å². The van der Waals surface area contributed by atoms with Crippen molar-refractivity contribution in [3.63, 3.8) is 0 Å². The largest absolute Gasteiger partial charge is 0.488 e. The zero-order valence-electron chi connectivity index (χ0n) is 23.8. The summed E-state index contributed by atoms with van der Waals surface area (Å²) in [4.78, 5) is 28.4. The van der Waals surface area contributed by atoms with Crippen LogP contribution in [0.25, 0.3) is 0 Å². The fourth-order valence-corrected chi connectivity index (χ4v) is 6.55. The first-order chi connectivity index (χ1) is 19.0. The second-order valence-electron chi connectivity index (χ2n) is 11.3. The van der Waals surface area contributed by atoms with E-state index >= 15 is 0 Å². The van der Waals surface area contributed by atoms with E-state index < -0.39 is 22.2 Å². The van der Waals surface area contributed by atoms with E-state index in [-0.39, 0.29) is 53.8 Å². The number of sulfonamides is 1. The molecule has 1 aliphatic heterocycles. The topological polar surface area (TPSA) is 116 Å². The van der Waals surface area contributed by atoms with E-state index in [0.717, 1.165) is 37.7 Å². The van der Waals surface area contributed by atoms with Gasteiger partial charge in [0.25, 0.3) is 5.91 Å². The number of ether oxygens (including phenoxy) is 1. The predicted molar refractivity (Wildman–Crippen MR) is 154 cm³/mol. The lowest BCUT2D eigenvalue weighted by molar-refractivity contribution is -0.120. The molecule has 4 rings (SSSR count). The minimum atomic E-state index is -3.77. The number of amides is 2. The Morgan fingerprint density at radius 2 is 1.82 bits per heavy atom. The summed E-state index contributed by atoms with van der Waals surface area (Å²) < 4.78 is 34.2. The number of nitrogens with one attached hydrogen (secondary N) is 1. The number of nitrogens with zero attached hydrogens (tertiary/aromatic N) is 2. The van der Waals surface area contributed by atoms with E-state index in [2.05, 4.69) is 5.32 Å². The fourth-order valence-electron chi connectivity index (χ4n) is 5.37. The molecular formula is C30H41N3O6S. The minimum Gasteiger partial charge on any atom is -0.488 e. The lowest BCUT2D eigenvalue weighted by atomic mass is 9.88. The Morgan fingerprint density at radius 3 is 2.48 bits per heavy atom. The van der Waals surface area contributed by atoms with Gasteiger partial charge in [0.05, 0.1) is 29.7 Å².